The number of carboxylic acids is 2. The van der Waals surface area contributed by atoms with Crippen molar-refractivity contribution < 1.29 is 30.0 Å². The third kappa shape index (κ3) is 6.21. The van der Waals surface area contributed by atoms with Crippen molar-refractivity contribution in [3.63, 3.8) is 0 Å². The molecule has 0 aromatic carbocycles. The number of rotatable bonds is 2. The molecule has 10 aliphatic rings. The third-order valence-electron chi connectivity index (χ3n) is 26.4. The van der Waals surface area contributed by atoms with Crippen LogP contribution in [0.4, 0.5) is 0 Å². The molecule has 0 aliphatic heterocycles. The van der Waals surface area contributed by atoms with E-state index in [4.69, 9.17) is 0 Å². The summed E-state index contributed by atoms with van der Waals surface area (Å²) in [6.45, 7) is 33.9. The Hall–Kier alpha value is -1.66. The summed E-state index contributed by atoms with van der Waals surface area (Å²) in [4.78, 5) is 25.5. The van der Waals surface area contributed by atoms with Gasteiger partial charge in [0.1, 0.15) is 0 Å². The van der Waals surface area contributed by atoms with Crippen LogP contribution in [0.1, 0.15) is 219 Å². The zero-order valence-corrected chi connectivity index (χ0v) is 44.5. The van der Waals surface area contributed by atoms with E-state index in [0.29, 0.717) is 35.5 Å². The van der Waals surface area contributed by atoms with Crippen molar-refractivity contribution >= 4 is 11.9 Å². The molecule has 66 heavy (non-hydrogen) atoms. The summed E-state index contributed by atoms with van der Waals surface area (Å²) in [5, 5.41) is 42.8. The fraction of sp³-hybridized carbons (Fsp3) is 0.900. The summed E-state index contributed by atoms with van der Waals surface area (Å²) in [7, 11) is 0. The number of hydrogen-bond donors (Lipinski definition) is 4. The molecule has 10 rings (SSSR count). The molecule has 0 aromatic rings. The van der Waals surface area contributed by atoms with E-state index in [0.717, 1.165) is 96.3 Å². The number of aliphatic hydroxyl groups is 2. The van der Waals surface area contributed by atoms with Gasteiger partial charge in [-0.3, -0.25) is 9.59 Å². The summed E-state index contributed by atoms with van der Waals surface area (Å²) in [5.41, 5.74) is 3.13. The SMILES string of the molecule is CC1(C)CC[C@]2(C(=O)O)CC[C@]3(C)C(=CC[C@@H]4[C@@]5(C)CC[C@H](O)C(C)(C)C5CC[C@]43C)[C@H]2C1.C[C@H]1[C@H](C)CC[C@]2(C(=O)O)CC[C@]3(C)C(=CC[C@@H]4[C@@]5(C)CC[C@H](O)C(C)(C)C5CC[C@]43C)[C@@H]12. The maximum Gasteiger partial charge on any atom is 0.310 e. The molecule has 0 heterocycles. The highest BCUT2D eigenvalue weighted by Gasteiger charge is 2.71. The van der Waals surface area contributed by atoms with Gasteiger partial charge in [-0.1, -0.05) is 120 Å². The first-order chi connectivity index (χ1) is 30.4. The first kappa shape index (κ1) is 49.3. The van der Waals surface area contributed by atoms with Crippen LogP contribution in [0, 0.1) is 107 Å². The molecule has 0 spiro atoms. The maximum absolute atomic E-state index is 12.8. The van der Waals surface area contributed by atoms with Gasteiger partial charge >= 0.3 is 11.9 Å². The fourth-order valence-electron chi connectivity index (χ4n) is 21.5. The second-order valence-electron chi connectivity index (χ2n) is 29.5. The zero-order valence-electron chi connectivity index (χ0n) is 44.5. The van der Waals surface area contributed by atoms with Gasteiger partial charge in [0, 0.05) is 0 Å². The third-order valence-corrected chi connectivity index (χ3v) is 26.4. The fourth-order valence-corrected chi connectivity index (χ4v) is 21.5. The lowest BCUT2D eigenvalue weighted by Crippen LogP contribution is -2.65. The summed E-state index contributed by atoms with van der Waals surface area (Å²) < 4.78 is 0. The van der Waals surface area contributed by atoms with Gasteiger partial charge in [-0.2, -0.15) is 0 Å². The van der Waals surface area contributed by atoms with Crippen molar-refractivity contribution in [3.8, 4) is 0 Å². The van der Waals surface area contributed by atoms with Gasteiger partial charge < -0.3 is 20.4 Å². The largest absolute Gasteiger partial charge is 0.481 e. The Morgan fingerprint density at radius 1 is 0.500 bits per heavy atom. The molecule has 4 N–H and O–H groups in total. The lowest BCUT2D eigenvalue weighted by atomic mass is 9.33. The van der Waals surface area contributed by atoms with Crippen molar-refractivity contribution in [3.05, 3.63) is 23.3 Å². The molecule has 372 valence electrons. The molecule has 0 saturated heterocycles. The van der Waals surface area contributed by atoms with Crippen molar-refractivity contribution in [1.29, 1.82) is 0 Å². The Bertz CT molecular complexity index is 2040. The van der Waals surface area contributed by atoms with E-state index in [9.17, 15) is 30.0 Å². The minimum absolute atomic E-state index is 0.0301. The molecular weight excluding hydrogens is 817 g/mol. The highest BCUT2D eigenvalue weighted by atomic mass is 16.4. The number of hydrogen-bond acceptors (Lipinski definition) is 4. The van der Waals surface area contributed by atoms with Gasteiger partial charge in [0.25, 0.3) is 0 Å². The minimum Gasteiger partial charge on any atom is -0.481 e. The Morgan fingerprint density at radius 2 is 0.939 bits per heavy atom. The standard InChI is InChI=1S/2C30H48O3/c1-18-10-15-30(25(32)33)17-16-28(6)20(24(30)19(18)2)8-9-22-27(5)13-12-23(31)26(3,4)21(27)11-14-29(22,28)7;1-25(2)14-16-30(24(32)33)17-15-28(6)19(20(30)18-25)8-9-22-27(5)12-11-23(31)26(3,4)21(27)10-13-29(22,28)7/h8,18-19,21-24,31H,9-17H2,1-7H3,(H,32,33);8,20-23,31H,9-18H2,1-7H3,(H,32,33)/t18-,19+,21?,22-,23+,24-,27+,28-,29-,30+;20-,21?,22-,23+,27+,28-,29-,30+/m11/s1. The lowest BCUT2D eigenvalue weighted by molar-refractivity contribution is -0.206. The molecule has 18 atom stereocenters. The molecule has 0 radical (unpaired) electrons. The van der Waals surface area contributed by atoms with Crippen LogP contribution < -0.4 is 0 Å². The van der Waals surface area contributed by atoms with Crippen LogP contribution in [0.3, 0.4) is 0 Å². The summed E-state index contributed by atoms with van der Waals surface area (Å²) in [6.07, 6.45) is 24.3. The van der Waals surface area contributed by atoms with E-state index in [1.807, 2.05) is 0 Å². The van der Waals surface area contributed by atoms with E-state index >= 15 is 0 Å². The molecular formula is C60H96O6. The van der Waals surface area contributed by atoms with Gasteiger partial charge in [-0.25, -0.2) is 0 Å². The topological polar surface area (TPSA) is 115 Å². The molecule has 0 amide bonds. The normalized spacial score (nSPS) is 53.9. The van der Waals surface area contributed by atoms with E-state index in [1.54, 1.807) is 0 Å². The van der Waals surface area contributed by atoms with Gasteiger partial charge in [0.15, 0.2) is 0 Å². The van der Waals surface area contributed by atoms with Crippen LogP contribution in [0.2, 0.25) is 0 Å². The average Bonchev–Trinajstić information content (AvgIpc) is 3.22. The quantitative estimate of drug-likeness (QED) is 0.205. The van der Waals surface area contributed by atoms with E-state index < -0.39 is 22.8 Å². The minimum atomic E-state index is -0.557. The summed E-state index contributed by atoms with van der Waals surface area (Å²) in [6, 6.07) is 0. The smallest absolute Gasteiger partial charge is 0.310 e. The molecule has 8 saturated carbocycles. The van der Waals surface area contributed by atoms with Crippen molar-refractivity contribution in [2.45, 2.75) is 231 Å². The number of carbonyl (C=O) groups is 2. The Morgan fingerprint density at radius 3 is 1.42 bits per heavy atom. The number of aliphatic hydroxyl groups excluding tert-OH is 2. The zero-order chi connectivity index (χ0) is 48.4. The van der Waals surface area contributed by atoms with Crippen LogP contribution in [-0.2, 0) is 9.59 Å². The first-order valence-electron chi connectivity index (χ1n) is 27.6. The number of aliphatic carboxylic acids is 2. The summed E-state index contributed by atoms with van der Waals surface area (Å²) in [5.74, 6) is 2.63. The average molecular weight is 913 g/mol. The predicted molar refractivity (Wildman–Crippen MR) is 265 cm³/mol. The Labute approximate surface area is 401 Å². The maximum atomic E-state index is 12.8. The van der Waals surface area contributed by atoms with E-state index in [-0.39, 0.29) is 72.8 Å². The van der Waals surface area contributed by atoms with Crippen LogP contribution >= 0.6 is 0 Å². The van der Waals surface area contributed by atoms with E-state index in [2.05, 4.69) is 109 Å². The molecule has 0 bridgehead atoms. The van der Waals surface area contributed by atoms with Crippen molar-refractivity contribution in [1.82, 2.24) is 0 Å². The summed E-state index contributed by atoms with van der Waals surface area (Å²) >= 11 is 0. The lowest BCUT2D eigenvalue weighted by Gasteiger charge is -2.71. The number of fused-ring (bicyclic) bond motifs is 14. The van der Waals surface area contributed by atoms with Gasteiger partial charge in [0.05, 0.1) is 23.0 Å². The molecule has 6 heteroatoms. The van der Waals surface area contributed by atoms with Gasteiger partial charge in [-0.05, 0) is 218 Å². The first-order valence-corrected chi connectivity index (χ1v) is 27.6. The van der Waals surface area contributed by atoms with Gasteiger partial charge in [-0.15, -0.1) is 0 Å². The van der Waals surface area contributed by atoms with Crippen LogP contribution in [0.5, 0.6) is 0 Å². The Balaban J connectivity index is 0.000000166. The predicted octanol–water partition coefficient (Wildman–Crippen LogP) is 14.3. The highest BCUT2D eigenvalue weighted by molar-refractivity contribution is 5.77. The molecule has 2 unspecified atom stereocenters. The van der Waals surface area contributed by atoms with Gasteiger partial charge in [0.2, 0.25) is 0 Å². The molecule has 8 fully saturated rings. The molecule has 0 aromatic heterocycles. The van der Waals surface area contributed by atoms with Crippen LogP contribution in [0.25, 0.3) is 0 Å². The Kier molecular flexibility index (Phi) is 11.3. The second-order valence-corrected chi connectivity index (χ2v) is 29.5. The van der Waals surface area contributed by atoms with Crippen molar-refractivity contribution in [2.24, 2.45) is 107 Å². The monoisotopic (exact) mass is 913 g/mol. The number of carboxylic acid groups (broad SMARTS) is 2. The van der Waals surface area contributed by atoms with Crippen LogP contribution in [-0.4, -0.2) is 44.6 Å². The molecule has 10 aliphatic carbocycles. The molecule has 6 nitrogen and oxygen atoms in total. The van der Waals surface area contributed by atoms with Crippen molar-refractivity contribution in [2.75, 3.05) is 0 Å². The van der Waals surface area contributed by atoms with E-state index in [1.165, 1.54) is 36.8 Å². The van der Waals surface area contributed by atoms with Crippen LogP contribution in [0.15, 0.2) is 23.3 Å². The highest BCUT2D eigenvalue weighted by Crippen LogP contribution is 2.78. The second kappa shape index (κ2) is 15.2. The number of allylic oxidation sites excluding steroid dienone is 4.